The van der Waals surface area contributed by atoms with Crippen LogP contribution in [0.1, 0.15) is 48.1 Å². The van der Waals surface area contributed by atoms with E-state index in [1.807, 2.05) is 0 Å². The SMILES string of the molecule is CCCCC(O)CN1CCN(Cc2nc(C(=O)NCc3ccc(F)cc3)co2)CC1. The van der Waals surface area contributed by atoms with E-state index >= 15 is 0 Å². The van der Waals surface area contributed by atoms with Crippen LogP contribution in [0, 0.1) is 5.82 Å². The first-order valence-electron chi connectivity index (χ1n) is 10.6. The van der Waals surface area contributed by atoms with Crippen molar-refractivity contribution in [3.05, 3.63) is 53.5 Å². The molecule has 1 aliphatic heterocycles. The number of aliphatic hydroxyl groups is 1. The largest absolute Gasteiger partial charge is 0.447 e. The van der Waals surface area contributed by atoms with Gasteiger partial charge in [-0.3, -0.25) is 14.6 Å². The van der Waals surface area contributed by atoms with Crippen molar-refractivity contribution >= 4 is 5.91 Å². The topological polar surface area (TPSA) is 81.8 Å². The first-order chi connectivity index (χ1) is 14.5. The van der Waals surface area contributed by atoms with Crippen LogP contribution in [0.25, 0.3) is 0 Å². The zero-order valence-corrected chi connectivity index (χ0v) is 17.5. The smallest absolute Gasteiger partial charge is 0.273 e. The van der Waals surface area contributed by atoms with Crippen molar-refractivity contribution in [1.82, 2.24) is 20.1 Å². The van der Waals surface area contributed by atoms with Gasteiger partial charge >= 0.3 is 0 Å². The van der Waals surface area contributed by atoms with Crippen molar-refractivity contribution in [2.45, 2.75) is 45.4 Å². The van der Waals surface area contributed by atoms with Crippen molar-refractivity contribution in [1.29, 1.82) is 0 Å². The standard InChI is InChI=1S/C22H31FN4O3/c1-2-3-4-19(28)14-26-9-11-27(12-10-26)15-21-25-20(16-30-21)22(29)24-13-17-5-7-18(23)8-6-17/h5-8,16,19,28H,2-4,9-15H2,1H3,(H,24,29). The molecule has 2 N–H and O–H groups in total. The van der Waals surface area contributed by atoms with Crippen LogP contribution in [0.4, 0.5) is 4.39 Å². The lowest BCUT2D eigenvalue weighted by molar-refractivity contribution is 0.0627. The molecule has 2 aromatic rings. The summed E-state index contributed by atoms with van der Waals surface area (Å²) < 4.78 is 18.4. The van der Waals surface area contributed by atoms with E-state index in [0.29, 0.717) is 19.0 Å². The molecule has 1 aromatic carbocycles. The molecule has 1 unspecified atom stereocenters. The van der Waals surface area contributed by atoms with Crippen molar-refractivity contribution < 1.29 is 18.7 Å². The molecule has 0 radical (unpaired) electrons. The van der Waals surface area contributed by atoms with E-state index in [-0.39, 0.29) is 23.5 Å². The quantitative estimate of drug-likeness (QED) is 0.617. The number of β-amino-alcohol motifs (C(OH)–C–C–N with tert-alkyl or cyclic N) is 1. The zero-order valence-electron chi connectivity index (χ0n) is 17.5. The fraction of sp³-hybridized carbons (Fsp3) is 0.545. The number of amides is 1. The van der Waals surface area contributed by atoms with Crippen LogP contribution >= 0.6 is 0 Å². The fourth-order valence-corrected chi connectivity index (χ4v) is 3.51. The van der Waals surface area contributed by atoms with Crippen molar-refractivity contribution in [3.63, 3.8) is 0 Å². The molecule has 1 aromatic heterocycles. The minimum absolute atomic E-state index is 0.241. The molecule has 164 valence electrons. The van der Waals surface area contributed by atoms with Gasteiger partial charge in [-0.2, -0.15) is 0 Å². The van der Waals surface area contributed by atoms with Crippen LogP contribution in [0.3, 0.4) is 0 Å². The molecule has 8 heteroatoms. The number of hydrogen-bond donors (Lipinski definition) is 2. The van der Waals surface area contributed by atoms with E-state index in [1.54, 1.807) is 12.1 Å². The zero-order chi connectivity index (χ0) is 21.3. The fourth-order valence-electron chi connectivity index (χ4n) is 3.51. The molecule has 0 spiro atoms. The Balaban J connectivity index is 1.40. The molecule has 7 nitrogen and oxygen atoms in total. The lowest BCUT2D eigenvalue weighted by Gasteiger charge is -2.35. The Bertz CT molecular complexity index is 788. The van der Waals surface area contributed by atoms with E-state index in [9.17, 15) is 14.3 Å². The molecule has 0 aliphatic carbocycles. The third-order valence-electron chi connectivity index (χ3n) is 5.33. The highest BCUT2D eigenvalue weighted by molar-refractivity contribution is 5.91. The molecule has 1 saturated heterocycles. The number of halogens is 1. The Hall–Kier alpha value is -2.29. The maximum absolute atomic E-state index is 12.9. The van der Waals surface area contributed by atoms with Gasteiger partial charge in [-0.1, -0.05) is 31.9 Å². The van der Waals surface area contributed by atoms with Crippen molar-refractivity contribution in [2.24, 2.45) is 0 Å². The van der Waals surface area contributed by atoms with Gasteiger partial charge < -0.3 is 14.8 Å². The van der Waals surface area contributed by atoms with Crippen LogP contribution in [-0.4, -0.2) is 64.6 Å². The van der Waals surface area contributed by atoms with E-state index < -0.39 is 0 Å². The number of piperazine rings is 1. The molecule has 3 rings (SSSR count). The highest BCUT2D eigenvalue weighted by atomic mass is 19.1. The maximum atomic E-state index is 12.9. The molecule has 1 aliphatic rings. The number of rotatable bonds is 10. The number of benzene rings is 1. The summed E-state index contributed by atoms with van der Waals surface area (Å²) in [4.78, 5) is 21.1. The van der Waals surface area contributed by atoms with Crippen molar-refractivity contribution in [2.75, 3.05) is 32.7 Å². The van der Waals surface area contributed by atoms with Gasteiger partial charge in [0.15, 0.2) is 5.69 Å². The first-order valence-corrected chi connectivity index (χ1v) is 10.6. The lowest BCUT2D eigenvalue weighted by Crippen LogP contribution is -2.48. The van der Waals surface area contributed by atoms with Crippen LogP contribution in [-0.2, 0) is 13.1 Å². The van der Waals surface area contributed by atoms with Gasteiger partial charge in [-0.25, -0.2) is 9.37 Å². The second-order valence-corrected chi connectivity index (χ2v) is 7.81. The third kappa shape index (κ3) is 6.90. The summed E-state index contributed by atoms with van der Waals surface area (Å²) in [5.41, 5.74) is 1.05. The predicted molar refractivity (Wildman–Crippen MR) is 111 cm³/mol. The Labute approximate surface area is 176 Å². The number of unbranched alkanes of at least 4 members (excludes halogenated alkanes) is 1. The number of oxazole rings is 1. The van der Waals surface area contributed by atoms with Crippen molar-refractivity contribution in [3.8, 4) is 0 Å². The molecule has 30 heavy (non-hydrogen) atoms. The first kappa shape index (κ1) is 22.4. The second kappa shape index (κ2) is 11.2. The van der Waals surface area contributed by atoms with E-state index in [1.165, 1.54) is 18.4 Å². The van der Waals surface area contributed by atoms with E-state index in [2.05, 4.69) is 27.0 Å². The molecule has 1 amide bonds. The van der Waals surface area contributed by atoms with Gasteiger partial charge in [0.05, 0.1) is 12.6 Å². The van der Waals surface area contributed by atoms with Gasteiger partial charge in [-0.05, 0) is 24.1 Å². The highest BCUT2D eigenvalue weighted by Gasteiger charge is 2.21. The lowest BCUT2D eigenvalue weighted by atomic mass is 10.1. The third-order valence-corrected chi connectivity index (χ3v) is 5.33. The number of carbonyl (C=O) groups is 1. The summed E-state index contributed by atoms with van der Waals surface area (Å²) in [6.45, 7) is 7.25. The number of aliphatic hydroxyl groups excluding tert-OH is 1. The normalized spacial score (nSPS) is 16.5. The molecule has 1 fully saturated rings. The Morgan fingerprint density at radius 3 is 2.63 bits per heavy atom. The van der Waals surface area contributed by atoms with E-state index in [0.717, 1.165) is 57.5 Å². The number of aromatic nitrogens is 1. The van der Waals surface area contributed by atoms with Gasteiger partial charge in [0.25, 0.3) is 5.91 Å². The minimum atomic E-state index is -0.319. The molecular weight excluding hydrogens is 387 g/mol. The number of hydrogen-bond acceptors (Lipinski definition) is 6. The molecule has 2 heterocycles. The summed E-state index contributed by atoms with van der Waals surface area (Å²) >= 11 is 0. The summed E-state index contributed by atoms with van der Waals surface area (Å²) in [6.07, 6.45) is 4.15. The molecular formula is C22H31FN4O3. The van der Waals surface area contributed by atoms with Crippen LogP contribution in [0.5, 0.6) is 0 Å². The van der Waals surface area contributed by atoms with Gasteiger partial charge in [-0.15, -0.1) is 0 Å². The van der Waals surface area contributed by atoms with Gasteiger partial charge in [0, 0.05) is 39.3 Å². The Morgan fingerprint density at radius 2 is 1.93 bits per heavy atom. The summed E-state index contributed by atoms with van der Waals surface area (Å²) in [5.74, 6) is -0.113. The van der Waals surface area contributed by atoms with Crippen LogP contribution in [0.2, 0.25) is 0 Å². The number of nitrogens with one attached hydrogen (secondary N) is 1. The average Bonchev–Trinajstić information content (AvgIpc) is 3.21. The average molecular weight is 419 g/mol. The summed E-state index contributed by atoms with van der Waals surface area (Å²) in [5, 5.41) is 12.8. The summed E-state index contributed by atoms with van der Waals surface area (Å²) in [6, 6.07) is 5.99. The minimum Gasteiger partial charge on any atom is -0.447 e. The van der Waals surface area contributed by atoms with Crippen LogP contribution < -0.4 is 5.32 Å². The second-order valence-electron chi connectivity index (χ2n) is 7.81. The predicted octanol–water partition coefficient (Wildman–Crippen LogP) is 2.41. The van der Waals surface area contributed by atoms with E-state index in [4.69, 9.17) is 4.42 Å². The molecule has 0 saturated carbocycles. The highest BCUT2D eigenvalue weighted by Crippen LogP contribution is 2.11. The monoisotopic (exact) mass is 418 g/mol. The van der Waals surface area contributed by atoms with Gasteiger partial charge in [0.1, 0.15) is 12.1 Å². The molecule has 1 atom stereocenters. The van der Waals surface area contributed by atoms with Gasteiger partial charge in [0.2, 0.25) is 5.89 Å². The van der Waals surface area contributed by atoms with Crippen LogP contribution in [0.15, 0.2) is 34.9 Å². The molecule has 0 bridgehead atoms. The Kier molecular flexibility index (Phi) is 8.36. The maximum Gasteiger partial charge on any atom is 0.273 e. The Morgan fingerprint density at radius 1 is 1.23 bits per heavy atom. The number of carbonyl (C=O) groups excluding carboxylic acids is 1. The summed E-state index contributed by atoms with van der Waals surface area (Å²) in [7, 11) is 0. The number of nitrogens with zero attached hydrogens (tertiary/aromatic N) is 3.